The van der Waals surface area contributed by atoms with Crippen LogP contribution in [0.4, 0.5) is 18.9 Å². The third kappa shape index (κ3) is 4.08. The monoisotopic (exact) mass is 430 g/mol. The van der Waals surface area contributed by atoms with Crippen LogP contribution < -0.4 is 10.2 Å². The first-order valence-corrected chi connectivity index (χ1v) is 9.48. The third-order valence-corrected chi connectivity index (χ3v) is 5.52. The van der Waals surface area contributed by atoms with Gasteiger partial charge in [0.25, 0.3) is 0 Å². The van der Waals surface area contributed by atoms with Crippen molar-refractivity contribution in [3.63, 3.8) is 0 Å². The Hall–Kier alpha value is -1.92. The van der Waals surface area contributed by atoms with E-state index in [1.165, 1.54) is 25.1 Å². The van der Waals surface area contributed by atoms with E-state index in [0.717, 1.165) is 5.56 Å². The molecule has 1 atom stereocenters. The molecule has 0 aromatic heterocycles. The highest BCUT2D eigenvalue weighted by molar-refractivity contribution is 6.34. The van der Waals surface area contributed by atoms with E-state index < -0.39 is 11.6 Å². The predicted octanol–water partition coefficient (Wildman–Crippen LogP) is 5.34. The summed E-state index contributed by atoms with van der Waals surface area (Å²) in [5.41, 5.74) is -0.558. The Morgan fingerprint density at radius 2 is 1.82 bits per heavy atom. The Bertz CT molecular complexity index is 868. The molecule has 0 radical (unpaired) electrons. The van der Waals surface area contributed by atoms with E-state index in [1.807, 2.05) is 0 Å². The molecule has 0 spiro atoms. The van der Waals surface area contributed by atoms with E-state index in [9.17, 15) is 18.0 Å². The lowest BCUT2D eigenvalue weighted by Crippen LogP contribution is -2.45. The van der Waals surface area contributed by atoms with Gasteiger partial charge in [-0.2, -0.15) is 13.2 Å². The van der Waals surface area contributed by atoms with Gasteiger partial charge in [-0.3, -0.25) is 4.79 Å². The summed E-state index contributed by atoms with van der Waals surface area (Å²) in [6.07, 6.45) is -4.58. The van der Waals surface area contributed by atoms with Crippen LogP contribution in [0.3, 0.4) is 0 Å². The molecule has 1 heterocycles. The number of para-hydroxylation sites is 1. The average Bonchev–Trinajstić information content (AvgIpc) is 3.06. The van der Waals surface area contributed by atoms with Crippen LogP contribution in [0.1, 0.15) is 24.5 Å². The molecular formula is C20H19Cl2F3N2O. The van der Waals surface area contributed by atoms with Crippen molar-refractivity contribution in [1.82, 2.24) is 5.32 Å². The van der Waals surface area contributed by atoms with Gasteiger partial charge < -0.3 is 10.2 Å². The van der Waals surface area contributed by atoms with Crippen molar-refractivity contribution in [3.05, 3.63) is 63.6 Å². The fraction of sp³-hybridized carbons (Fsp3) is 0.350. The maximum atomic E-state index is 14.2. The van der Waals surface area contributed by atoms with Gasteiger partial charge in [0.2, 0.25) is 5.91 Å². The van der Waals surface area contributed by atoms with Crippen LogP contribution in [-0.4, -0.2) is 25.2 Å². The van der Waals surface area contributed by atoms with Gasteiger partial charge in [0, 0.05) is 42.3 Å². The summed E-state index contributed by atoms with van der Waals surface area (Å²) in [4.78, 5) is 12.9. The van der Waals surface area contributed by atoms with Crippen molar-refractivity contribution in [2.24, 2.45) is 0 Å². The first-order chi connectivity index (χ1) is 13.1. The summed E-state index contributed by atoms with van der Waals surface area (Å²) in [5, 5.41) is 3.05. The van der Waals surface area contributed by atoms with Gasteiger partial charge in [0.15, 0.2) is 0 Å². The number of hydrogen-bond acceptors (Lipinski definition) is 2. The lowest BCUT2D eigenvalue weighted by atomic mass is 9.79. The van der Waals surface area contributed by atoms with Crippen molar-refractivity contribution in [2.45, 2.75) is 31.5 Å². The first kappa shape index (κ1) is 20.8. The third-order valence-electron chi connectivity index (χ3n) is 5.09. The van der Waals surface area contributed by atoms with E-state index in [2.05, 4.69) is 5.32 Å². The molecule has 1 N–H and O–H groups in total. The molecule has 0 bridgehead atoms. The highest BCUT2D eigenvalue weighted by atomic mass is 35.5. The van der Waals surface area contributed by atoms with Crippen molar-refractivity contribution >= 4 is 34.8 Å². The maximum absolute atomic E-state index is 14.2. The van der Waals surface area contributed by atoms with Crippen LogP contribution in [0.15, 0.2) is 42.5 Å². The molecule has 3 nitrogen and oxygen atoms in total. The predicted molar refractivity (Wildman–Crippen MR) is 105 cm³/mol. The number of amides is 1. The Morgan fingerprint density at radius 1 is 1.18 bits per heavy atom. The summed E-state index contributed by atoms with van der Waals surface area (Å²) in [6.45, 7) is 1.63. The van der Waals surface area contributed by atoms with Gasteiger partial charge in [0.05, 0.1) is 0 Å². The fourth-order valence-corrected chi connectivity index (χ4v) is 4.19. The second kappa shape index (κ2) is 7.84. The Kier molecular flexibility index (Phi) is 5.82. The zero-order valence-corrected chi connectivity index (χ0v) is 16.6. The molecule has 1 fully saturated rings. The maximum Gasteiger partial charge on any atom is 0.400 e. The normalized spacial score (nSPS) is 19.7. The molecule has 1 aliphatic rings. The van der Waals surface area contributed by atoms with E-state index in [-0.39, 0.29) is 47.6 Å². The van der Waals surface area contributed by atoms with Gasteiger partial charge in [0.1, 0.15) is 5.41 Å². The molecule has 2 aromatic carbocycles. The van der Waals surface area contributed by atoms with Gasteiger partial charge in [-0.05, 0) is 41.8 Å². The molecule has 0 saturated carbocycles. The Morgan fingerprint density at radius 3 is 2.43 bits per heavy atom. The molecule has 150 valence electrons. The SMILES string of the molecule is CC(=O)NCc1ccccc1N1CCC(c2cc(Cl)cc(Cl)c2)(C(F)(F)F)C1. The van der Waals surface area contributed by atoms with E-state index in [1.54, 1.807) is 29.2 Å². The lowest BCUT2D eigenvalue weighted by Gasteiger charge is -2.33. The van der Waals surface area contributed by atoms with Crippen molar-refractivity contribution in [1.29, 1.82) is 0 Å². The Balaban J connectivity index is 1.98. The molecule has 8 heteroatoms. The van der Waals surface area contributed by atoms with Crippen LogP contribution in [0.25, 0.3) is 0 Å². The molecule has 1 saturated heterocycles. The number of nitrogens with zero attached hydrogens (tertiary/aromatic N) is 1. The average molecular weight is 431 g/mol. The quantitative estimate of drug-likeness (QED) is 0.709. The minimum absolute atomic E-state index is 0.0688. The van der Waals surface area contributed by atoms with Crippen LogP contribution in [0.2, 0.25) is 10.0 Å². The summed E-state index contributed by atoms with van der Waals surface area (Å²) in [5.74, 6) is -0.200. The largest absolute Gasteiger partial charge is 0.400 e. The highest BCUT2D eigenvalue weighted by Crippen LogP contribution is 2.49. The minimum atomic E-state index is -4.47. The van der Waals surface area contributed by atoms with Crippen molar-refractivity contribution < 1.29 is 18.0 Å². The summed E-state index contributed by atoms with van der Waals surface area (Å²) in [7, 11) is 0. The first-order valence-electron chi connectivity index (χ1n) is 8.73. The standard InChI is InChI=1S/C20H19Cl2F3N2O/c1-13(28)26-11-14-4-2-3-5-18(14)27-7-6-19(12-27,20(23,24)25)15-8-16(21)10-17(22)9-15/h2-5,8-10H,6-7,11-12H2,1H3,(H,26,28). The number of carbonyl (C=O) groups excluding carboxylic acids is 1. The molecule has 28 heavy (non-hydrogen) atoms. The number of benzene rings is 2. The highest BCUT2D eigenvalue weighted by Gasteiger charge is 2.59. The number of halogens is 5. The summed E-state index contributed by atoms with van der Waals surface area (Å²) >= 11 is 12.0. The number of carbonyl (C=O) groups is 1. The molecular weight excluding hydrogens is 412 g/mol. The summed E-state index contributed by atoms with van der Waals surface area (Å²) < 4.78 is 42.7. The van der Waals surface area contributed by atoms with Crippen molar-refractivity contribution in [2.75, 3.05) is 18.0 Å². The molecule has 0 aliphatic carbocycles. The van der Waals surface area contributed by atoms with Gasteiger partial charge in [-0.1, -0.05) is 41.4 Å². The number of rotatable bonds is 4. The van der Waals surface area contributed by atoms with Crippen LogP contribution in [0.5, 0.6) is 0 Å². The fourth-order valence-electron chi connectivity index (χ4n) is 3.66. The topological polar surface area (TPSA) is 32.3 Å². The molecule has 1 unspecified atom stereocenters. The van der Waals surface area contributed by atoms with Crippen LogP contribution in [-0.2, 0) is 16.8 Å². The second-order valence-corrected chi connectivity index (χ2v) is 7.82. The van der Waals surface area contributed by atoms with Crippen LogP contribution >= 0.6 is 23.2 Å². The lowest BCUT2D eigenvalue weighted by molar-refractivity contribution is -0.184. The molecule has 1 amide bonds. The smallest absolute Gasteiger partial charge is 0.370 e. The van der Waals surface area contributed by atoms with Gasteiger partial charge >= 0.3 is 6.18 Å². The minimum Gasteiger partial charge on any atom is -0.370 e. The molecule has 3 rings (SSSR count). The van der Waals surface area contributed by atoms with Gasteiger partial charge in [-0.25, -0.2) is 0 Å². The van der Waals surface area contributed by atoms with Gasteiger partial charge in [-0.15, -0.1) is 0 Å². The van der Waals surface area contributed by atoms with E-state index in [4.69, 9.17) is 23.2 Å². The van der Waals surface area contributed by atoms with E-state index in [0.29, 0.717) is 5.69 Å². The van der Waals surface area contributed by atoms with E-state index >= 15 is 0 Å². The second-order valence-electron chi connectivity index (χ2n) is 6.95. The zero-order valence-electron chi connectivity index (χ0n) is 15.1. The van der Waals surface area contributed by atoms with Crippen LogP contribution in [0, 0.1) is 0 Å². The Labute approximate surface area is 171 Å². The summed E-state index contributed by atoms with van der Waals surface area (Å²) in [6, 6.07) is 11.2. The molecule has 2 aromatic rings. The molecule has 1 aliphatic heterocycles. The number of nitrogens with one attached hydrogen (secondary N) is 1. The number of anilines is 1. The number of alkyl halides is 3. The van der Waals surface area contributed by atoms with Crippen molar-refractivity contribution in [3.8, 4) is 0 Å². The zero-order chi connectivity index (χ0) is 20.5. The number of hydrogen-bond donors (Lipinski definition) is 1.